The van der Waals surface area contributed by atoms with Crippen LogP contribution in [0.15, 0.2) is 17.5 Å². The van der Waals surface area contributed by atoms with Crippen molar-refractivity contribution in [2.75, 3.05) is 0 Å². The summed E-state index contributed by atoms with van der Waals surface area (Å²) in [6.07, 6.45) is 0. The van der Waals surface area contributed by atoms with Gasteiger partial charge in [0.05, 0.1) is 12.1 Å². The largest absolute Gasteiger partial charge is 0.345 e. The van der Waals surface area contributed by atoms with E-state index in [0.29, 0.717) is 12.1 Å². The molecule has 0 fully saturated rings. The molecule has 18 heavy (non-hydrogen) atoms. The van der Waals surface area contributed by atoms with Crippen LogP contribution in [0, 0.1) is 6.92 Å². The van der Waals surface area contributed by atoms with Gasteiger partial charge in [0.25, 0.3) is 5.91 Å². The van der Waals surface area contributed by atoms with Crippen LogP contribution in [0.25, 0.3) is 0 Å². The zero-order chi connectivity index (χ0) is 13.1. The third kappa shape index (κ3) is 3.19. The summed E-state index contributed by atoms with van der Waals surface area (Å²) in [5, 5.41) is 5.85. The Morgan fingerprint density at radius 3 is 2.78 bits per heavy atom. The predicted octanol–water partition coefficient (Wildman–Crippen LogP) is 3.08. The number of aryl methyl sites for hydroxylation is 1. The maximum Gasteiger partial charge on any atom is 0.254 e. The molecule has 0 aromatic carbocycles. The van der Waals surface area contributed by atoms with Crippen molar-refractivity contribution in [2.24, 2.45) is 0 Å². The van der Waals surface area contributed by atoms with Crippen LogP contribution in [0.5, 0.6) is 0 Å². The Hall–Kier alpha value is -1.17. The van der Waals surface area contributed by atoms with Crippen LogP contribution in [0.3, 0.4) is 0 Å². The highest BCUT2D eigenvalue weighted by Gasteiger charge is 2.12. The fourth-order valence-corrected chi connectivity index (χ4v) is 2.46. The summed E-state index contributed by atoms with van der Waals surface area (Å²) < 4.78 is 0. The summed E-state index contributed by atoms with van der Waals surface area (Å²) in [6.45, 7) is 2.28. The number of halogens is 2. The first-order valence-corrected chi connectivity index (χ1v) is 6.71. The number of carbonyl (C=O) groups is 1. The molecular weight excluding hydrogens is 293 g/mol. The summed E-state index contributed by atoms with van der Waals surface area (Å²) >= 11 is 13.0. The number of aromatic nitrogens is 2. The van der Waals surface area contributed by atoms with Crippen molar-refractivity contribution in [3.63, 3.8) is 0 Å². The molecule has 0 atom stereocenters. The van der Waals surface area contributed by atoms with E-state index in [2.05, 4.69) is 15.3 Å². The van der Waals surface area contributed by atoms with Crippen LogP contribution in [0.1, 0.15) is 21.1 Å². The van der Waals surface area contributed by atoms with Crippen molar-refractivity contribution in [2.45, 2.75) is 13.5 Å². The van der Waals surface area contributed by atoms with Crippen molar-refractivity contribution in [3.8, 4) is 0 Å². The van der Waals surface area contributed by atoms with Gasteiger partial charge in [-0.05, 0) is 19.1 Å². The summed E-state index contributed by atoms with van der Waals surface area (Å²) in [5.41, 5.74) is 1.24. The van der Waals surface area contributed by atoms with Crippen molar-refractivity contribution in [1.82, 2.24) is 15.3 Å². The molecule has 2 heterocycles. The first-order chi connectivity index (χ1) is 8.56. The third-order valence-electron chi connectivity index (χ3n) is 2.13. The van der Waals surface area contributed by atoms with Crippen molar-refractivity contribution in [3.05, 3.63) is 44.1 Å². The Kier molecular flexibility index (Phi) is 4.16. The van der Waals surface area contributed by atoms with Crippen LogP contribution in [-0.2, 0) is 6.54 Å². The summed E-state index contributed by atoms with van der Waals surface area (Å²) in [7, 11) is 0. The lowest BCUT2D eigenvalue weighted by Gasteiger charge is -2.04. The van der Waals surface area contributed by atoms with Gasteiger partial charge in [-0.2, -0.15) is 0 Å². The minimum absolute atomic E-state index is 0.0929. The molecule has 94 valence electrons. The van der Waals surface area contributed by atoms with Gasteiger partial charge in [-0.3, -0.25) is 4.79 Å². The molecule has 2 aromatic rings. The Balaban J connectivity index is 2.03. The molecular formula is C11H9Cl2N3OS. The number of amides is 1. The molecule has 0 radical (unpaired) electrons. The highest BCUT2D eigenvalue weighted by atomic mass is 35.5. The standard InChI is InChI=1S/C11H9Cl2N3OS/c1-6-5-18-9(15-6)4-14-11(17)7-2-3-8(12)16-10(7)13/h2-3,5H,4H2,1H3,(H,14,17). The van der Waals surface area contributed by atoms with Gasteiger partial charge < -0.3 is 5.32 Å². The SMILES string of the molecule is Cc1csc(CNC(=O)c2ccc(Cl)nc2Cl)n1. The first-order valence-electron chi connectivity index (χ1n) is 5.07. The molecule has 0 aliphatic carbocycles. The molecule has 1 N–H and O–H groups in total. The quantitative estimate of drug-likeness (QED) is 0.886. The predicted molar refractivity (Wildman–Crippen MR) is 72.3 cm³/mol. The van der Waals surface area contributed by atoms with Gasteiger partial charge >= 0.3 is 0 Å². The maximum atomic E-state index is 11.9. The Bertz CT molecular complexity index is 585. The van der Waals surface area contributed by atoms with E-state index in [9.17, 15) is 4.79 Å². The Morgan fingerprint density at radius 2 is 2.17 bits per heavy atom. The second-order valence-corrected chi connectivity index (χ2v) is 5.23. The molecule has 0 saturated carbocycles. The minimum Gasteiger partial charge on any atom is -0.345 e. The molecule has 2 aromatic heterocycles. The van der Waals surface area contributed by atoms with E-state index in [0.717, 1.165) is 10.7 Å². The number of nitrogens with zero attached hydrogens (tertiary/aromatic N) is 2. The average Bonchev–Trinajstić information content (AvgIpc) is 2.72. The van der Waals surface area contributed by atoms with Gasteiger partial charge in [-0.1, -0.05) is 23.2 Å². The van der Waals surface area contributed by atoms with E-state index in [1.165, 1.54) is 17.4 Å². The van der Waals surface area contributed by atoms with E-state index in [4.69, 9.17) is 23.2 Å². The number of carbonyl (C=O) groups excluding carboxylic acids is 1. The van der Waals surface area contributed by atoms with Gasteiger partial charge in [0.15, 0.2) is 0 Å². The second kappa shape index (κ2) is 5.65. The summed E-state index contributed by atoms with van der Waals surface area (Å²) in [6, 6.07) is 3.07. The fraction of sp³-hybridized carbons (Fsp3) is 0.182. The lowest BCUT2D eigenvalue weighted by molar-refractivity contribution is 0.0950. The molecule has 0 aliphatic heterocycles. The number of nitrogens with one attached hydrogen (secondary N) is 1. The molecule has 1 amide bonds. The van der Waals surface area contributed by atoms with E-state index < -0.39 is 0 Å². The van der Waals surface area contributed by atoms with Gasteiger partial charge in [0, 0.05) is 11.1 Å². The summed E-state index contributed by atoms with van der Waals surface area (Å²) in [4.78, 5) is 19.9. The number of pyridine rings is 1. The topological polar surface area (TPSA) is 54.9 Å². The number of thiazole rings is 1. The maximum absolute atomic E-state index is 11.9. The van der Waals surface area contributed by atoms with E-state index >= 15 is 0 Å². The van der Waals surface area contributed by atoms with Crippen molar-refractivity contribution >= 4 is 40.4 Å². The minimum atomic E-state index is -0.294. The molecule has 7 heteroatoms. The normalized spacial score (nSPS) is 10.4. The van der Waals surface area contributed by atoms with Crippen LogP contribution in [0.2, 0.25) is 10.3 Å². The number of hydrogen-bond acceptors (Lipinski definition) is 4. The molecule has 2 rings (SSSR count). The average molecular weight is 302 g/mol. The zero-order valence-corrected chi connectivity index (χ0v) is 11.7. The third-order valence-corrected chi connectivity index (χ3v) is 3.59. The Morgan fingerprint density at radius 1 is 1.39 bits per heavy atom. The number of rotatable bonds is 3. The van der Waals surface area contributed by atoms with Crippen molar-refractivity contribution < 1.29 is 4.79 Å². The van der Waals surface area contributed by atoms with Gasteiger partial charge in [-0.15, -0.1) is 11.3 Å². The highest BCUT2D eigenvalue weighted by molar-refractivity contribution is 7.09. The first kappa shape index (κ1) is 13.3. The van der Waals surface area contributed by atoms with Crippen molar-refractivity contribution in [1.29, 1.82) is 0 Å². The van der Waals surface area contributed by atoms with Crippen LogP contribution in [0.4, 0.5) is 0 Å². The van der Waals surface area contributed by atoms with Crippen LogP contribution < -0.4 is 5.32 Å². The lowest BCUT2D eigenvalue weighted by Crippen LogP contribution is -2.23. The molecule has 0 unspecified atom stereocenters. The smallest absolute Gasteiger partial charge is 0.254 e. The summed E-state index contributed by atoms with van der Waals surface area (Å²) in [5.74, 6) is -0.294. The molecule has 0 saturated heterocycles. The van der Waals surface area contributed by atoms with Gasteiger partial charge in [-0.25, -0.2) is 9.97 Å². The zero-order valence-electron chi connectivity index (χ0n) is 9.41. The second-order valence-electron chi connectivity index (χ2n) is 3.54. The van der Waals surface area contributed by atoms with Gasteiger partial charge in [0.1, 0.15) is 15.3 Å². The Labute approximate surface area is 118 Å². The molecule has 0 bridgehead atoms. The van der Waals surface area contributed by atoms with E-state index in [1.54, 1.807) is 6.07 Å². The number of hydrogen-bond donors (Lipinski definition) is 1. The van der Waals surface area contributed by atoms with E-state index in [-0.39, 0.29) is 16.2 Å². The fourth-order valence-electron chi connectivity index (χ4n) is 1.32. The van der Waals surface area contributed by atoms with E-state index in [1.807, 2.05) is 12.3 Å². The monoisotopic (exact) mass is 301 g/mol. The molecule has 4 nitrogen and oxygen atoms in total. The molecule has 0 aliphatic rings. The highest BCUT2D eigenvalue weighted by Crippen LogP contribution is 2.16. The van der Waals surface area contributed by atoms with Crippen LogP contribution in [-0.4, -0.2) is 15.9 Å². The molecule has 0 spiro atoms. The van der Waals surface area contributed by atoms with Crippen LogP contribution >= 0.6 is 34.5 Å². The van der Waals surface area contributed by atoms with Gasteiger partial charge in [0.2, 0.25) is 0 Å². The lowest BCUT2D eigenvalue weighted by atomic mass is 10.2.